The first-order valence-electron chi connectivity index (χ1n) is 16.6. The van der Waals surface area contributed by atoms with Crippen molar-refractivity contribution in [3.63, 3.8) is 0 Å². The van der Waals surface area contributed by atoms with Gasteiger partial charge in [-0.1, -0.05) is 113 Å². The highest BCUT2D eigenvalue weighted by Gasteiger charge is 2.36. The average Bonchev–Trinajstić information content (AvgIpc) is 3.73. The summed E-state index contributed by atoms with van der Waals surface area (Å²) in [6.07, 6.45) is 0. The van der Waals surface area contributed by atoms with E-state index in [-0.39, 0.29) is 21.9 Å². The molecule has 0 N–H and O–H groups in total. The maximum atomic E-state index is 13.9. The summed E-state index contributed by atoms with van der Waals surface area (Å²) in [4.78, 5) is 27.8. The Hall–Kier alpha value is -5.74. The Labute approximate surface area is 277 Å². The maximum Gasteiger partial charge on any atom is 0.282 e. The highest BCUT2D eigenvalue weighted by atomic mass is 16.2. The van der Waals surface area contributed by atoms with Gasteiger partial charge in [-0.25, -0.2) is 4.52 Å². The molecule has 6 aromatic carbocycles. The highest BCUT2D eigenvalue weighted by molar-refractivity contribution is 5.93. The van der Waals surface area contributed by atoms with Gasteiger partial charge in [-0.2, -0.15) is 4.52 Å². The van der Waals surface area contributed by atoms with Crippen molar-refractivity contribution < 1.29 is 0 Å². The second kappa shape index (κ2) is 8.99. The smallest absolute Gasteiger partial charge is 0.267 e. The summed E-state index contributed by atoms with van der Waals surface area (Å²) in [5.41, 5.74) is 15.0. The Morgan fingerprint density at radius 2 is 0.771 bits per heavy atom. The Balaban J connectivity index is 1.08. The van der Waals surface area contributed by atoms with Gasteiger partial charge in [0.2, 0.25) is 0 Å². The van der Waals surface area contributed by atoms with Gasteiger partial charge in [-0.3, -0.25) is 9.59 Å². The van der Waals surface area contributed by atoms with Crippen LogP contribution in [0.15, 0.2) is 131 Å². The molecule has 0 radical (unpaired) electrons. The number of fused-ring (bicyclic) bond motifs is 11. The number of aromatic nitrogens is 2. The van der Waals surface area contributed by atoms with Crippen LogP contribution in [0.2, 0.25) is 0 Å². The molecule has 8 aromatic rings. The molecule has 0 amide bonds. The molecular weight excluding hydrogens is 588 g/mol. The van der Waals surface area contributed by atoms with Gasteiger partial charge in [0.05, 0.1) is 21.8 Å². The standard InChI is InChI=1S/C44H32N2O2/c1-43(2)35-11-7-5-9-29(35)31-17-13-27(23-37(31)43)25-15-19-39-33(21-25)41(47)46-42(48)34-22-26(16-20-40(34)45(39)46)28-14-18-32-30-10-6-8-12-36(30)44(3,4)38(32)24-28/h5-24H,1-4H3. The molecule has 0 unspecified atom stereocenters. The van der Waals surface area contributed by atoms with E-state index in [1.165, 1.54) is 49.0 Å². The topological polar surface area (TPSA) is 43.0 Å². The Bertz CT molecular complexity index is 2640. The average molecular weight is 621 g/mol. The molecule has 0 fully saturated rings. The molecule has 2 heterocycles. The molecule has 0 bridgehead atoms. The number of hydrogen-bond donors (Lipinski definition) is 0. The van der Waals surface area contributed by atoms with Crippen LogP contribution in [0.4, 0.5) is 0 Å². The van der Waals surface area contributed by atoms with Crippen molar-refractivity contribution in [1.29, 1.82) is 0 Å². The molecule has 2 aliphatic rings. The van der Waals surface area contributed by atoms with Crippen molar-refractivity contribution in [3.8, 4) is 44.5 Å². The van der Waals surface area contributed by atoms with Crippen molar-refractivity contribution >= 4 is 21.8 Å². The maximum absolute atomic E-state index is 13.9. The van der Waals surface area contributed by atoms with Crippen LogP contribution in [0.3, 0.4) is 0 Å². The normalized spacial score (nSPS) is 15.2. The van der Waals surface area contributed by atoms with Gasteiger partial charge < -0.3 is 0 Å². The molecule has 0 aliphatic heterocycles. The van der Waals surface area contributed by atoms with Gasteiger partial charge in [-0.15, -0.1) is 0 Å². The summed E-state index contributed by atoms with van der Waals surface area (Å²) >= 11 is 0. The second-order valence-corrected chi connectivity index (χ2v) is 14.6. The van der Waals surface area contributed by atoms with E-state index in [1.54, 1.807) is 4.52 Å². The summed E-state index contributed by atoms with van der Waals surface area (Å²) in [6, 6.07) is 42.4. The van der Waals surface area contributed by atoms with Crippen LogP contribution in [0.5, 0.6) is 0 Å². The fourth-order valence-corrected chi connectivity index (χ4v) is 8.76. The monoisotopic (exact) mass is 620 g/mol. The minimum Gasteiger partial charge on any atom is -0.267 e. The Morgan fingerprint density at radius 1 is 0.396 bits per heavy atom. The van der Waals surface area contributed by atoms with Crippen LogP contribution in [-0.2, 0) is 10.8 Å². The molecule has 230 valence electrons. The molecule has 2 aromatic heterocycles. The fourth-order valence-electron chi connectivity index (χ4n) is 8.76. The van der Waals surface area contributed by atoms with E-state index in [0.29, 0.717) is 10.8 Å². The number of rotatable bonds is 2. The van der Waals surface area contributed by atoms with Crippen LogP contribution in [0, 0.1) is 0 Å². The van der Waals surface area contributed by atoms with Gasteiger partial charge in [0.25, 0.3) is 11.1 Å². The Morgan fingerprint density at radius 3 is 1.23 bits per heavy atom. The Kier molecular flexibility index (Phi) is 5.13. The van der Waals surface area contributed by atoms with E-state index in [4.69, 9.17) is 0 Å². The molecule has 0 saturated heterocycles. The summed E-state index contributed by atoms with van der Waals surface area (Å²) < 4.78 is 3.08. The minimum absolute atomic E-state index is 0.112. The molecule has 4 nitrogen and oxygen atoms in total. The van der Waals surface area contributed by atoms with Crippen LogP contribution in [0.25, 0.3) is 66.3 Å². The lowest BCUT2D eigenvalue weighted by atomic mass is 9.81. The predicted octanol–water partition coefficient (Wildman–Crippen LogP) is 9.45. The quantitative estimate of drug-likeness (QED) is 0.193. The van der Waals surface area contributed by atoms with Crippen LogP contribution < -0.4 is 11.1 Å². The first-order valence-corrected chi connectivity index (χ1v) is 16.6. The van der Waals surface area contributed by atoms with Gasteiger partial charge in [-0.05, 0) is 103 Å². The van der Waals surface area contributed by atoms with E-state index in [0.717, 1.165) is 33.3 Å². The SMILES string of the molecule is CC1(C)c2ccccc2-c2ccc(-c3ccc4c(c3)c(=O)n3c(=O)c5cc(-c6ccc7c(c6)C(C)(C)c6ccccc6-7)ccc5n43)cc21. The largest absolute Gasteiger partial charge is 0.282 e. The van der Waals surface area contributed by atoms with E-state index >= 15 is 0 Å². The molecule has 48 heavy (non-hydrogen) atoms. The summed E-state index contributed by atoms with van der Waals surface area (Å²) in [6.45, 7) is 9.09. The molecule has 0 saturated carbocycles. The number of hydrogen-bond acceptors (Lipinski definition) is 2. The summed E-state index contributed by atoms with van der Waals surface area (Å²) in [5, 5.41) is 1.08. The predicted molar refractivity (Wildman–Crippen MR) is 196 cm³/mol. The highest BCUT2D eigenvalue weighted by Crippen LogP contribution is 2.51. The summed E-state index contributed by atoms with van der Waals surface area (Å²) in [7, 11) is 0. The van der Waals surface area contributed by atoms with Gasteiger partial charge in [0.1, 0.15) is 0 Å². The van der Waals surface area contributed by atoms with Crippen molar-refractivity contribution in [2.75, 3.05) is 0 Å². The van der Waals surface area contributed by atoms with E-state index in [9.17, 15) is 9.59 Å². The molecular formula is C44H32N2O2. The number of benzene rings is 6. The van der Waals surface area contributed by atoms with Crippen molar-refractivity contribution in [3.05, 3.63) is 164 Å². The van der Waals surface area contributed by atoms with Crippen LogP contribution in [-0.4, -0.2) is 9.03 Å². The third-order valence-electron chi connectivity index (χ3n) is 11.3. The van der Waals surface area contributed by atoms with Crippen LogP contribution >= 0.6 is 0 Å². The fraction of sp³-hybridized carbons (Fsp3) is 0.136. The zero-order valence-electron chi connectivity index (χ0n) is 27.3. The van der Waals surface area contributed by atoms with Gasteiger partial charge in [0.15, 0.2) is 0 Å². The van der Waals surface area contributed by atoms with Gasteiger partial charge >= 0.3 is 0 Å². The first-order chi connectivity index (χ1) is 23.1. The van der Waals surface area contributed by atoms with E-state index in [2.05, 4.69) is 125 Å². The number of nitrogens with zero attached hydrogens (tertiary/aromatic N) is 2. The zero-order chi connectivity index (χ0) is 32.7. The lowest BCUT2D eigenvalue weighted by Crippen LogP contribution is -2.21. The van der Waals surface area contributed by atoms with Crippen molar-refractivity contribution in [2.45, 2.75) is 38.5 Å². The third-order valence-corrected chi connectivity index (χ3v) is 11.3. The second-order valence-electron chi connectivity index (χ2n) is 14.6. The van der Waals surface area contributed by atoms with E-state index in [1.807, 2.05) is 24.3 Å². The molecule has 0 atom stereocenters. The third kappa shape index (κ3) is 3.34. The molecule has 2 aliphatic carbocycles. The summed E-state index contributed by atoms with van der Waals surface area (Å²) in [5.74, 6) is 0. The molecule has 4 heteroatoms. The molecule has 0 spiro atoms. The minimum atomic E-state index is -0.291. The van der Waals surface area contributed by atoms with Crippen molar-refractivity contribution in [2.24, 2.45) is 0 Å². The lowest BCUT2D eigenvalue weighted by molar-refractivity contribution is 0.660. The lowest BCUT2D eigenvalue weighted by Gasteiger charge is -2.22. The van der Waals surface area contributed by atoms with Crippen LogP contribution in [0.1, 0.15) is 49.9 Å². The van der Waals surface area contributed by atoms with E-state index < -0.39 is 0 Å². The molecule has 10 rings (SSSR count). The zero-order valence-corrected chi connectivity index (χ0v) is 27.3. The first kappa shape index (κ1) is 27.4. The van der Waals surface area contributed by atoms with Gasteiger partial charge in [0, 0.05) is 10.8 Å². The van der Waals surface area contributed by atoms with Crippen molar-refractivity contribution in [1.82, 2.24) is 9.03 Å².